The van der Waals surface area contributed by atoms with Gasteiger partial charge in [0.15, 0.2) is 0 Å². The third kappa shape index (κ3) is 3.45. The molecular formula is C13H23N3O2. The van der Waals surface area contributed by atoms with E-state index in [1.54, 1.807) is 6.92 Å². The Kier molecular flexibility index (Phi) is 4.58. The Morgan fingerprint density at radius 3 is 2.50 bits per heavy atom. The van der Waals surface area contributed by atoms with Gasteiger partial charge in [0, 0.05) is 45.6 Å². The average Bonchev–Trinajstić information content (AvgIpc) is 2.70. The zero-order valence-corrected chi connectivity index (χ0v) is 11.2. The summed E-state index contributed by atoms with van der Waals surface area (Å²) in [5.74, 6) is 0.349. The SMILES string of the molecule is CC(=O)N1CCCN(C(=O)CC2CCCN2)CC1. The van der Waals surface area contributed by atoms with Gasteiger partial charge in [0.2, 0.25) is 11.8 Å². The maximum atomic E-state index is 12.2. The number of rotatable bonds is 2. The van der Waals surface area contributed by atoms with Gasteiger partial charge in [-0.15, -0.1) is 0 Å². The van der Waals surface area contributed by atoms with Crippen LogP contribution in [0.15, 0.2) is 0 Å². The maximum absolute atomic E-state index is 12.2. The van der Waals surface area contributed by atoms with Crippen molar-refractivity contribution in [2.75, 3.05) is 32.7 Å². The molecule has 2 saturated heterocycles. The lowest BCUT2D eigenvalue weighted by atomic mass is 10.1. The molecule has 18 heavy (non-hydrogen) atoms. The van der Waals surface area contributed by atoms with Crippen LogP contribution in [0.2, 0.25) is 0 Å². The summed E-state index contributed by atoms with van der Waals surface area (Å²) in [6.45, 7) is 5.57. The molecular weight excluding hydrogens is 230 g/mol. The summed E-state index contributed by atoms with van der Waals surface area (Å²) in [5.41, 5.74) is 0. The Morgan fingerprint density at radius 1 is 1.11 bits per heavy atom. The third-order valence-corrected chi connectivity index (χ3v) is 3.88. The third-order valence-electron chi connectivity index (χ3n) is 3.88. The molecule has 0 radical (unpaired) electrons. The van der Waals surface area contributed by atoms with Gasteiger partial charge < -0.3 is 15.1 Å². The van der Waals surface area contributed by atoms with Crippen LogP contribution >= 0.6 is 0 Å². The van der Waals surface area contributed by atoms with Crippen molar-refractivity contribution >= 4 is 11.8 Å². The first-order chi connectivity index (χ1) is 8.66. The zero-order valence-electron chi connectivity index (χ0n) is 11.2. The monoisotopic (exact) mass is 253 g/mol. The fourth-order valence-electron chi connectivity index (χ4n) is 2.75. The molecule has 2 fully saturated rings. The number of carbonyl (C=O) groups excluding carboxylic acids is 2. The lowest BCUT2D eigenvalue weighted by molar-refractivity contribution is -0.133. The molecule has 0 aliphatic carbocycles. The maximum Gasteiger partial charge on any atom is 0.224 e. The average molecular weight is 253 g/mol. The second-order valence-corrected chi connectivity index (χ2v) is 5.24. The molecule has 2 heterocycles. The summed E-state index contributed by atoms with van der Waals surface area (Å²) in [7, 11) is 0. The highest BCUT2D eigenvalue weighted by atomic mass is 16.2. The molecule has 2 amide bonds. The summed E-state index contributed by atoms with van der Waals surface area (Å²) >= 11 is 0. The number of hydrogen-bond acceptors (Lipinski definition) is 3. The van der Waals surface area contributed by atoms with Crippen LogP contribution < -0.4 is 5.32 Å². The molecule has 0 bridgehead atoms. The molecule has 5 heteroatoms. The minimum absolute atomic E-state index is 0.113. The molecule has 0 aromatic rings. The number of amides is 2. The van der Waals surface area contributed by atoms with Crippen LogP contribution in [0, 0.1) is 0 Å². The van der Waals surface area contributed by atoms with E-state index in [4.69, 9.17) is 0 Å². The number of nitrogens with zero attached hydrogens (tertiary/aromatic N) is 2. The van der Waals surface area contributed by atoms with E-state index in [0.717, 1.165) is 32.5 Å². The van der Waals surface area contributed by atoms with E-state index in [-0.39, 0.29) is 11.8 Å². The van der Waals surface area contributed by atoms with Crippen LogP contribution in [0.4, 0.5) is 0 Å². The van der Waals surface area contributed by atoms with Gasteiger partial charge in [-0.05, 0) is 25.8 Å². The van der Waals surface area contributed by atoms with Gasteiger partial charge in [0.1, 0.15) is 0 Å². The Labute approximate surface area is 108 Å². The lowest BCUT2D eigenvalue weighted by Gasteiger charge is -2.22. The van der Waals surface area contributed by atoms with Gasteiger partial charge in [0.05, 0.1) is 0 Å². The fraction of sp³-hybridized carbons (Fsp3) is 0.846. The first-order valence-corrected chi connectivity index (χ1v) is 6.93. The van der Waals surface area contributed by atoms with Crippen molar-refractivity contribution in [3.63, 3.8) is 0 Å². The highest BCUT2D eigenvalue weighted by Gasteiger charge is 2.24. The van der Waals surface area contributed by atoms with E-state index in [1.165, 1.54) is 6.42 Å². The van der Waals surface area contributed by atoms with Crippen LogP contribution in [0.25, 0.3) is 0 Å². The molecule has 2 aliphatic rings. The first-order valence-electron chi connectivity index (χ1n) is 6.93. The molecule has 0 aromatic carbocycles. The quantitative estimate of drug-likeness (QED) is 0.765. The highest BCUT2D eigenvalue weighted by molar-refractivity contribution is 5.77. The van der Waals surface area contributed by atoms with Crippen molar-refractivity contribution in [3.05, 3.63) is 0 Å². The predicted octanol–water partition coefficient (Wildman–Crippen LogP) is 0.209. The van der Waals surface area contributed by atoms with Crippen molar-refractivity contribution in [3.8, 4) is 0 Å². The summed E-state index contributed by atoms with van der Waals surface area (Å²) in [6.07, 6.45) is 3.79. The Bertz CT molecular complexity index is 313. The van der Waals surface area contributed by atoms with E-state index in [1.807, 2.05) is 9.80 Å². The van der Waals surface area contributed by atoms with E-state index in [2.05, 4.69) is 5.32 Å². The Balaban J connectivity index is 1.81. The van der Waals surface area contributed by atoms with E-state index < -0.39 is 0 Å². The number of hydrogen-bond donors (Lipinski definition) is 1. The molecule has 1 unspecified atom stereocenters. The van der Waals surface area contributed by atoms with Gasteiger partial charge in [-0.1, -0.05) is 0 Å². The minimum atomic E-state index is 0.113. The second-order valence-electron chi connectivity index (χ2n) is 5.24. The largest absolute Gasteiger partial charge is 0.341 e. The topological polar surface area (TPSA) is 52.7 Å². The Hall–Kier alpha value is -1.10. The highest BCUT2D eigenvalue weighted by Crippen LogP contribution is 2.12. The van der Waals surface area contributed by atoms with Gasteiger partial charge in [-0.3, -0.25) is 9.59 Å². The van der Waals surface area contributed by atoms with E-state index in [9.17, 15) is 9.59 Å². The van der Waals surface area contributed by atoms with Crippen molar-refractivity contribution < 1.29 is 9.59 Å². The van der Waals surface area contributed by atoms with Crippen molar-refractivity contribution in [2.24, 2.45) is 0 Å². The van der Waals surface area contributed by atoms with Gasteiger partial charge in [-0.2, -0.15) is 0 Å². The smallest absolute Gasteiger partial charge is 0.224 e. The standard InChI is InChI=1S/C13H23N3O2/c1-11(17)15-6-3-7-16(9-8-15)13(18)10-12-4-2-5-14-12/h12,14H,2-10H2,1H3. The van der Waals surface area contributed by atoms with Crippen molar-refractivity contribution in [1.29, 1.82) is 0 Å². The molecule has 102 valence electrons. The van der Waals surface area contributed by atoms with E-state index in [0.29, 0.717) is 25.6 Å². The molecule has 2 aliphatic heterocycles. The minimum Gasteiger partial charge on any atom is -0.341 e. The van der Waals surface area contributed by atoms with Crippen LogP contribution in [0.3, 0.4) is 0 Å². The molecule has 2 rings (SSSR count). The normalized spacial score (nSPS) is 25.1. The molecule has 0 aromatic heterocycles. The summed E-state index contributed by atoms with van der Waals surface area (Å²) in [6, 6.07) is 0.365. The first kappa shape index (κ1) is 13.3. The van der Waals surface area contributed by atoms with Gasteiger partial charge in [0.25, 0.3) is 0 Å². The van der Waals surface area contributed by atoms with Crippen LogP contribution in [0.1, 0.15) is 32.6 Å². The molecule has 5 nitrogen and oxygen atoms in total. The number of carbonyl (C=O) groups is 2. The van der Waals surface area contributed by atoms with Crippen LogP contribution in [-0.4, -0.2) is 60.4 Å². The van der Waals surface area contributed by atoms with Crippen molar-refractivity contribution in [2.45, 2.75) is 38.6 Å². The van der Waals surface area contributed by atoms with Crippen LogP contribution in [-0.2, 0) is 9.59 Å². The predicted molar refractivity (Wildman–Crippen MR) is 69.1 cm³/mol. The number of nitrogens with one attached hydrogen (secondary N) is 1. The fourth-order valence-corrected chi connectivity index (χ4v) is 2.75. The molecule has 0 saturated carbocycles. The van der Waals surface area contributed by atoms with Crippen LogP contribution in [0.5, 0.6) is 0 Å². The second kappa shape index (κ2) is 6.18. The summed E-state index contributed by atoms with van der Waals surface area (Å²) in [5, 5.41) is 3.36. The summed E-state index contributed by atoms with van der Waals surface area (Å²) in [4.78, 5) is 27.2. The Morgan fingerprint density at radius 2 is 1.83 bits per heavy atom. The molecule has 0 spiro atoms. The van der Waals surface area contributed by atoms with Gasteiger partial charge in [-0.25, -0.2) is 0 Å². The van der Waals surface area contributed by atoms with E-state index >= 15 is 0 Å². The molecule has 1 N–H and O–H groups in total. The molecule has 1 atom stereocenters. The van der Waals surface area contributed by atoms with Gasteiger partial charge >= 0.3 is 0 Å². The summed E-state index contributed by atoms with van der Waals surface area (Å²) < 4.78 is 0. The zero-order chi connectivity index (χ0) is 13.0. The lowest BCUT2D eigenvalue weighted by Crippen LogP contribution is -2.39. The van der Waals surface area contributed by atoms with Crippen molar-refractivity contribution in [1.82, 2.24) is 15.1 Å².